The third-order valence-electron chi connectivity index (χ3n) is 4.06. The minimum absolute atomic E-state index is 0.000706. The zero-order valence-corrected chi connectivity index (χ0v) is 13.0. The molecule has 0 radical (unpaired) electrons. The third kappa shape index (κ3) is 2.98. The fourth-order valence-corrected chi connectivity index (χ4v) is 4.16. The number of fused-ring (bicyclic) bond motifs is 4. The number of hydrogen-bond donors (Lipinski definition) is 1. The van der Waals surface area contributed by atoms with E-state index in [1.807, 2.05) is 16.7 Å². The van der Waals surface area contributed by atoms with E-state index in [9.17, 15) is 9.59 Å². The minimum Gasteiger partial charge on any atom is -0.481 e. The number of pyridine rings is 1. The fraction of sp³-hybridized carbons (Fsp3) is 0.500. The van der Waals surface area contributed by atoms with Gasteiger partial charge >= 0.3 is 5.97 Å². The van der Waals surface area contributed by atoms with Crippen LogP contribution in [-0.4, -0.2) is 43.7 Å². The van der Waals surface area contributed by atoms with Gasteiger partial charge in [0.1, 0.15) is 4.32 Å². The number of nitrogens with zero attached hydrogens (tertiary/aromatic N) is 2. The first-order valence-corrected chi connectivity index (χ1v) is 8.27. The van der Waals surface area contributed by atoms with Crippen LogP contribution in [0.25, 0.3) is 0 Å². The maximum atomic E-state index is 11.9. The molecule has 3 heterocycles. The fourth-order valence-electron chi connectivity index (χ4n) is 3.26. The molecule has 2 aliphatic heterocycles. The Bertz CT molecular complexity index is 643. The van der Waals surface area contributed by atoms with Crippen LogP contribution in [0.1, 0.15) is 18.0 Å². The van der Waals surface area contributed by atoms with Crippen LogP contribution in [0, 0.1) is 5.92 Å². The molecule has 7 heteroatoms. The van der Waals surface area contributed by atoms with Gasteiger partial charge < -0.3 is 14.6 Å². The summed E-state index contributed by atoms with van der Waals surface area (Å²) in [4.78, 5) is 24.7. The maximum absolute atomic E-state index is 11.9. The van der Waals surface area contributed by atoms with E-state index < -0.39 is 5.97 Å². The number of carboxylic acid groups (broad SMARTS) is 1. The number of likely N-dealkylation sites (tertiary alicyclic amines) is 1. The van der Waals surface area contributed by atoms with E-state index in [0.29, 0.717) is 16.2 Å². The highest BCUT2D eigenvalue weighted by Gasteiger charge is 2.35. The quantitative estimate of drug-likeness (QED) is 0.829. The molecule has 0 aliphatic carbocycles. The molecule has 1 aromatic heterocycles. The summed E-state index contributed by atoms with van der Waals surface area (Å²) in [6, 6.07) is 5.43. The second-order valence-electron chi connectivity index (χ2n) is 5.55. The van der Waals surface area contributed by atoms with E-state index in [0.717, 1.165) is 31.7 Å². The van der Waals surface area contributed by atoms with Crippen molar-refractivity contribution in [2.75, 3.05) is 18.8 Å². The van der Waals surface area contributed by atoms with Crippen LogP contribution in [-0.2, 0) is 11.3 Å². The Kier molecular flexibility index (Phi) is 4.03. The highest BCUT2D eigenvalue weighted by atomic mass is 32.2. The van der Waals surface area contributed by atoms with Crippen molar-refractivity contribution in [2.24, 2.45) is 5.92 Å². The van der Waals surface area contributed by atoms with Crippen molar-refractivity contribution in [3.63, 3.8) is 0 Å². The molecule has 2 bridgehead atoms. The Morgan fingerprint density at radius 3 is 2.95 bits per heavy atom. The van der Waals surface area contributed by atoms with Gasteiger partial charge in [0.25, 0.3) is 5.56 Å². The summed E-state index contributed by atoms with van der Waals surface area (Å²) in [5.41, 5.74) is 1.15. The van der Waals surface area contributed by atoms with Crippen LogP contribution < -0.4 is 5.56 Å². The van der Waals surface area contributed by atoms with E-state index in [2.05, 4.69) is 4.90 Å². The number of aliphatic carboxylic acids is 1. The van der Waals surface area contributed by atoms with Gasteiger partial charge in [-0.05, 0) is 18.4 Å². The molecule has 0 saturated carbocycles. The smallest absolute Gasteiger partial charge is 0.313 e. The van der Waals surface area contributed by atoms with Crippen LogP contribution in [0.4, 0.5) is 0 Å². The number of hydrogen-bond acceptors (Lipinski definition) is 4. The largest absolute Gasteiger partial charge is 0.481 e. The summed E-state index contributed by atoms with van der Waals surface area (Å²) >= 11 is 6.56. The van der Waals surface area contributed by atoms with Gasteiger partial charge in [0.15, 0.2) is 0 Å². The lowest BCUT2D eigenvalue weighted by molar-refractivity contribution is -0.133. The van der Waals surface area contributed by atoms with Crippen molar-refractivity contribution in [1.29, 1.82) is 0 Å². The Morgan fingerprint density at radius 1 is 1.38 bits per heavy atom. The van der Waals surface area contributed by atoms with Gasteiger partial charge in [-0.2, -0.15) is 0 Å². The van der Waals surface area contributed by atoms with Gasteiger partial charge in [-0.15, -0.1) is 0 Å². The number of aromatic nitrogens is 1. The average Bonchev–Trinajstić information content (AvgIpc) is 2.45. The summed E-state index contributed by atoms with van der Waals surface area (Å²) in [5.74, 6) is -0.147. The second-order valence-corrected chi connectivity index (χ2v) is 7.16. The molecule has 1 fully saturated rings. The predicted octanol–water partition coefficient (Wildman–Crippen LogP) is 1.37. The van der Waals surface area contributed by atoms with Crippen molar-refractivity contribution < 1.29 is 9.90 Å². The van der Waals surface area contributed by atoms with Crippen LogP contribution in [0.2, 0.25) is 0 Å². The van der Waals surface area contributed by atoms with E-state index in [-0.39, 0.29) is 11.3 Å². The van der Waals surface area contributed by atoms with Crippen LogP contribution >= 0.6 is 24.0 Å². The molecule has 0 aromatic carbocycles. The zero-order valence-electron chi connectivity index (χ0n) is 11.4. The van der Waals surface area contributed by atoms with Crippen molar-refractivity contribution in [1.82, 2.24) is 9.47 Å². The Morgan fingerprint density at radius 2 is 2.19 bits per heavy atom. The van der Waals surface area contributed by atoms with Crippen molar-refractivity contribution >= 4 is 34.3 Å². The molecule has 1 aromatic rings. The van der Waals surface area contributed by atoms with E-state index in [1.54, 1.807) is 6.07 Å². The third-order valence-corrected chi connectivity index (χ3v) is 5.57. The Labute approximate surface area is 131 Å². The highest BCUT2D eigenvalue weighted by molar-refractivity contribution is 8.23. The number of thioether (sulfide) groups is 1. The number of carboxylic acids is 1. The van der Waals surface area contributed by atoms with Gasteiger partial charge in [-0.1, -0.05) is 30.0 Å². The lowest BCUT2D eigenvalue weighted by atomic mass is 9.83. The minimum atomic E-state index is -0.851. The first-order chi connectivity index (χ1) is 10.0. The first-order valence-electron chi connectivity index (χ1n) is 6.88. The molecule has 5 nitrogen and oxygen atoms in total. The molecule has 2 aliphatic rings. The zero-order chi connectivity index (χ0) is 15.0. The van der Waals surface area contributed by atoms with Crippen molar-refractivity contribution in [2.45, 2.75) is 18.9 Å². The van der Waals surface area contributed by atoms with Crippen molar-refractivity contribution in [3.8, 4) is 0 Å². The topological polar surface area (TPSA) is 62.5 Å². The lowest BCUT2D eigenvalue weighted by Gasteiger charge is -2.43. The summed E-state index contributed by atoms with van der Waals surface area (Å²) in [6.45, 7) is 2.31. The van der Waals surface area contributed by atoms with Crippen LogP contribution in [0.15, 0.2) is 23.0 Å². The normalized spacial score (nSPS) is 23.5. The van der Waals surface area contributed by atoms with E-state index in [4.69, 9.17) is 17.3 Å². The molecule has 2 atom stereocenters. The summed E-state index contributed by atoms with van der Waals surface area (Å²) in [7, 11) is 0. The summed E-state index contributed by atoms with van der Waals surface area (Å²) in [6.07, 6.45) is 1.08. The van der Waals surface area contributed by atoms with Gasteiger partial charge in [-0.25, -0.2) is 0 Å². The number of rotatable bonds is 2. The number of thiocarbonyl (C=S) groups is 1. The van der Waals surface area contributed by atoms with E-state index >= 15 is 0 Å². The van der Waals surface area contributed by atoms with Crippen LogP contribution in [0.5, 0.6) is 0 Å². The molecule has 0 unspecified atom stereocenters. The molecule has 1 saturated heterocycles. The number of carbonyl (C=O) groups is 1. The average molecular weight is 324 g/mol. The maximum Gasteiger partial charge on any atom is 0.313 e. The Hall–Kier alpha value is -1.34. The first kappa shape index (κ1) is 14.6. The molecule has 112 valence electrons. The SMILES string of the molecule is O=C(O)CSC(=S)N1C[C@H]2C[C@H](C1)c1cccc(=O)n1C2. The van der Waals surface area contributed by atoms with Crippen molar-refractivity contribution in [3.05, 3.63) is 34.2 Å². The van der Waals surface area contributed by atoms with E-state index in [1.165, 1.54) is 11.8 Å². The standard InChI is InChI=1S/C14H16N2O3S2/c17-12-3-1-2-11-10-4-9(6-16(11)12)5-15(7-10)14(20)21-8-13(18)19/h1-3,9-10H,4-8H2,(H,18,19)/t9-,10-/m1/s1. The molecule has 0 amide bonds. The summed E-state index contributed by atoms with van der Waals surface area (Å²) in [5, 5.41) is 8.75. The lowest BCUT2D eigenvalue weighted by Crippen LogP contribution is -2.48. The van der Waals surface area contributed by atoms with Gasteiger partial charge in [0.05, 0.1) is 5.75 Å². The molecule has 0 spiro atoms. The number of piperidine rings is 1. The monoisotopic (exact) mass is 324 g/mol. The van der Waals surface area contributed by atoms with Crippen LogP contribution in [0.3, 0.4) is 0 Å². The molecule has 3 rings (SSSR count). The summed E-state index contributed by atoms with van der Waals surface area (Å²) < 4.78 is 2.53. The second kappa shape index (κ2) is 5.81. The molecule has 21 heavy (non-hydrogen) atoms. The predicted molar refractivity (Wildman–Crippen MR) is 85.8 cm³/mol. The molecule has 1 N–H and O–H groups in total. The molecular weight excluding hydrogens is 308 g/mol. The van der Waals surface area contributed by atoms with Gasteiger partial charge in [0, 0.05) is 37.3 Å². The molecular formula is C14H16N2O3S2. The van der Waals surface area contributed by atoms with Gasteiger partial charge in [0.2, 0.25) is 0 Å². The Balaban J connectivity index is 1.77. The van der Waals surface area contributed by atoms with Gasteiger partial charge in [-0.3, -0.25) is 9.59 Å². The highest BCUT2D eigenvalue weighted by Crippen LogP contribution is 2.35.